The number of carbonyl (C=O) groups is 1. The van der Waals surface area contributed by atoms with Crippen LogP contribution in [0.3, 0.4) is 0 Å². The highest BCUT2D eigenvalue weighted by Gasteiger charge is 2.25. The first-order valence-corrected chi connectivity index (χ1v) is 8.87. The fourth-order valence-corrected chi connectivity index (χ4v) is 4.15. The Balaban J connectivity index is 1.77. The van der Waals surface area contributed by atoms with E-state index in [0.717, 1.165) is 37.0 Å². The van der Waals surface area contributed by atoms with Crippen LogP contribution in [0.4, 0.5) is 5.69 Å². The Morgan fingerprint density at radius 2 is 2.08 bits per heavy atom. The van der Waals surface area contributed by atoms with E-state index in [9.17, 15) is 9.59 Å². The molecule has 24 heavy (non-hydrogen) atoms. The predicted molar refractivity (Wildman–Crippen MR) is 93.5 cm³/mol. The number of aromatic nitrogens is 2. The highest BCUT2D eigenvalue weighted by atomic mass is 32.1. The van der Waals surface area contributed by atoms with Crippen molar-refractivity contribution in [2.24, 2.45) is 0 Å². The van der Waals surface area contributed by atoms with E-state index in [-0.39, 0.29) is 22.2 Å². The average molecular weight is 343 g/mol. The fourth-order valence-electron chi connectivity index (χ4n) is 3.18. The highest BCUT2D eigenvalue weighted by molar-refractivity contribution is 7.21. The van der Waals surface area contributed by atoms with E-state index in [0.29, 0.717) is 15.9 Å². The Morgan fingerprint density at radius 3 is 2.88 bits per heavy atom. The lowest BCUT2D eigenvalue weighted by Gasteiger charge is -2.21. The van der Waals surface area contributed by atoms with Gasteiger partial charge in [0.2, 0.25) is 0 Å². The van der Waals surface area contributed by atoms with Crippen molar-refractivity contribution in [1.82, 2.24) is 9.38 Å². The van der Waals surface area contributed by atoms with E-state index >= 15 is 0 Å². The Bertz CT molecular complexity index is 986. The van der Waals surface area contributed by atoms with Crippen LogP contribution in [0.2, 0.25) is 0 Å². The smallest absolute Gasteiger partial charge is 0.350 e. The second-order valence-corrected chi connectivity index (χ2v) is 7.04. The molecule has 3 aromatic heterocycles. The van der Waals surface area contributed by atoms with Crippen LogP contribution < -0.4 is 11.3 Å². The van der Waals surface area contributed by atoms with Crippen LogP contribution in [0.5, 0.6) is 0 Å². The van der Waals surface area contributed by atoms with Gasteiger partial charge in [0.1, 0.15) is 26.8 Å². The van der Waals surface area contributed by atoms with Crippen LogP contribution in [0.25, 0.3) is 15.9 Å². The van der Waals surface area contributed by atoms with Gasteiger partial charge in [0.15, 0.2) is 0 Å². The Hall–Kier alpha value is -2.41. The number of carbonyl (C=O) groups excluding carboxylic acids is 1. The lowest BCUT2D eigenvalue weighted by atomic mass is 9.98. The largest absolute Gasteiger partial charge is 0.458 e. The first-order chi connectivity index (χ1) is 11.6. The van der Waals surface area contributed by atoms with E-state index in [2.05, 4.69) is 4.98 Å². The zero-order chi connectivity index (χ0) is 16.7. The second kappa shape index (κ2) is 5.90. The number of nitrogen functional groups attached to an aromatic ring is 1. The maximum absolute atomic E-state index is 12.6. The van der Waals surface area contributed by atoms with Gasteiger partial charge in [0.05, 0.1) is 5.69 Å². The summed E-state index contributed by atoms with van der Waals surface area (Å²) in [6.07, 6.45) is 6.71. The zero-order valence-corrected chi connectivity index (χ0v) is 13.8. The van der Waals surface area contributed by atoms with Crippen molar-refractivity contribution in [1.29, 1.82) is 0 Å². The summed E-state index contributed by atoms with van der Waals surface area (Å²) in [5, 5.41) is 0.291. The standard InChI is InChI=1S/C17H17N3O3S/c18-13-12-15(19-11-8-4-5-9-20(11)16(12)21)24-14(13)17(22)23-10-6-2-1-3-7-10/h4-5,8-10H,1-3,6-7,18H2. The van der Waals surface area contributed by atoms with E-state index in [1.54, 1.807) is 18.3 Å². The van der Waals surface area contributed by atoms with Gasteiger partial charge in [0.25, 0.3) is 5.56 Å². The minimum absolute atomic E-state index is 0.0519. The Labute approximate surface area is 141 Å². The molecule has 1 saturated carbocycles. The topological polar surface area (TPSA) is 86.7 Å². The molecule has 0 bridgehead atoms. The van der Waals surface area contributed by atoms with Gasteiger partial charge >= 0.3 is 5.97 Å². The number of nitrogens with zero attached hydrogens (tertiary/aromatic N) is 2. The van der Waals surface area contributed by atoms with Gasteiger partial charge in [-0.15, -0.1) is 11.3 Å². The number of hydrogen-bond acceptors (Lipinski definition) is 6. The van der Waals surface area contributed by atoms with Gasteiger partial charge in [-0.2, -0.15) is 0 Å². The second-order valence-electron chi connectivity index (χ2n) is 6.04. The summed E-state index contributed by atoms with van der Waals surface area (Å²) in [4.78, 5) is 30.3. The molecule has 4 rings (SSSR count). The number of fused-ring (bicyclic) bond motifs is 2. The number of anilines is 1. The molecule has 0 saturated heterocycles. The third kappa shape index (κ3) is 2.45. The number of hydrogen-bond donors (Lipinski definition) is 1. The van der Waals surface area contributed by atoms with Crippen LogP contribution in [-0.4, -0.2) is 21.5 Å². The molecule has 1 aliphatic carbocycles. The molecule has 6 nitrogen and oxygen atoms in total. The number of ether oxygens (including phenoxy) is 1. The molecule has 0 amide bonds. The summed E-state index contributed by atoms with van der Waals surface area (Å²) in [5.41, 5.74) is 6.53. The normalized spacial score (nSPS) is 15.8. The Morgan fingerprint density at radius 1 is 1.29 bits per heavy atom. The molecule has 0 aliphatic heterocycles. The lowest BCUT2D eigenvalue weighted by molar-refractivity contribution is 0.0218. The van der Waals surface area contributed by atoms with Crippen LogP contribution in [0.15, 0.2) is 29.2 Å². The van der Waals surface area contributed by atoms with Gasteiger partial charge < -0.3 is 10.5 Å². The minimum atomic E-state index is -0.448. The van der Waals surface area contributed by atoms with Crippen LogP contribution in [0.1, 0.15) is 41.8 Å². The first-order valence-electron chi connectivity index (χ1n) is 8.05. The van der Waals surface area contributed by atoms with E-state index < -0.39 is 5.97 Å². The third-order valence-electron chi connectivity index (χ3n) is 4.42. The van der Waals surface area contributed by atoms with Gasteiger partial charge in [-0.3, -0.25) is 9.20 Å². The quantitative estimate of drug-likeness (QED) is 0.723. The molecular weight excluding hydrogens is 326 g/mol. The van der Waals surface area contributed by atoms with Crippen LogP contribution in [-0.2, 0) is 4.74 Å². The highest BCUT2D eigenvalue weighted by Crippen LogP contribution is 2.32. The first kappa shape index (κ1) is 15.1. The molecule has 0 radical (unpaired) electrons. The molecular formula is C17H17N3O3S. The van der Waals surface area contributed by atoms with Gasteiger partial charge in [-0.25, -0.2) is 9.78 Å². The minimum Gasteiger partial charge on any atom is -0.458 e. The predicted octanol–water partition coefficient (Wildman–Crippen LogP) is 2.98. The molecule has 3 heterocycles. The van der Waals surface area contributed by atoms with Crippen molar-refractivity contribution >= 4 is 38.9 Å². The Kier molecular flexibility index (Phi) is 3.72. The summed E-state index contributed by atoms with van der Waals surface area (Å²) in [5.74, 6) is -0.448. The SMILES string of the molecule is Nc1c(C(=O)OC2CCCCC2)sc2nc3ccccn3c(=O)c12. The maximum atomic E-state index is 12.6. The van der Waals surface area contributed by atoms with Gasteiger partial charge in [0, 0.05) is 6.20 Å². The van der Waals surface area contributed by atoms with Crippen molar-refractivity contribution in [2.45, 2.75) is 38.2 Å². The van der Waals surface area contributed by atoms with Crippen molar-refractivity contribution in [3.05, 3.63) is 39.6 Å². The number of thiophene rings is 1. The summed E-state index contributed by atoms with van der Waals surface area (Å²) in [6, 6.07) is 5.31. The van der Waals surface area contributed by atoms with Gasteiger partial charge in [-0.1, -0.05) is 12.5 Å². The molecule has 0 spiro atoms. The van der Waals surface area contributed by atoms with Crippen molar-refractivity contribution < 1.29 is 9.53 Å². The molecule has 1 aliphatic rings. The number of nitrogens with two attached hydrogens (primary N) is 1. The van der Waals surface area contributed by atoms with E-state index in [4.69, 9.17) is 10.5 Å². The molecule has 1 fully saturated rings. The van der Waals surface area contributed by atoms with E-state index in [1.807, 2.05) is 6.07 Å². The van der Waals surface area contributed by atoms with E-state index in [1.165, 1.54) is 10.8 Å². The number of esters is 1. The van der Waals surface area contributed by atoms with Crippen molar-refractivity contribution in [2.75, 3.05) is 5.73 Å². The maximum Gasteiger partial charge on any atom is 0.350 e. The molecule has 124 valence electrons. The monoisotopic (exact) mass is 343 g/mol. The summed E-state index contributed by atoms with van der Waals surface area (Å²) in [6.45, 7) is 0. The van der Waals surface area contributed by atoms with Crippen LogP contribution >= 0.6 is 11.3 Å². The summed E-state index contributed by atoms with van der Waals surface area (Å²) < 4.78 is 7.01. The average Bonchev–Trinajstić information content (AvgIpc) is 2.93. The molecule has 7 heteroatoms. The third-order valence-corrected chi connectivity index (χ3v) is 5.50. The molecule has 3 aromatic rings. The van der Waals surface area contributed by atoms with Crippen molar-refractivity contribution in [3.63, 3.8) is 0 Å². The molecule has 0 unspecified atom stereocenters. The fraction of sp³-hybridized carbons (Fsp3) is 0.353. The number of rotatable bonds is 2. The molecule has 2 N–H and O–H groups in total. The van der Waals surface area contributed by atoms with Gasteiger partial charge in [-0.05, 0) is 37.8 Å². The zero-order valence-electron chi connectivity index (χ0n) is 13.0. The molecule has 0 aromatic carbocycles. The summed E-state index contributed by atoms with van der Waals surface area (Å²) in [7, 11) is 0. The number of pyridine rings is 1. The lowest BCUT2D eigenvalue weighted by Crippen LogP contribution is -2.21. The van der Waals surface area contributed by atoms with Crippen molar-refractivity contribution in [3.8, 4) is 0 Å². The van der Waals surface area contributed by atoms with Crippen LogP contribution in [0, 0.1) is 0 Å². The molecule has 0 atom stereocenters. The summed E-state index contributed by atoms with van der Waals surface area (Å²) >= 11 is 1.13.